The van der Waals surface area contributed by atoms with Crippen LogP contribution in [-0.4, -0.2) is 293 Å². The van der Waals surface area contributed by atoms with E-state index in [1.807, 2.05) is 13.8 Å². The fourth-order valence-electron chi connectivity index (χ4n) is 19.2. The minimum Gasteiger partial charge on any atom is -0.508 e. The quantitative estimate of drug-likeness (QED) is 0.00613. The lowest BCUT2D eigenvalue weighted by molar-refractivity contribution is -0.347. The maximum Gasteiger partial charge on any atom is 0.509 e. The van der Waals surface area contributed by atoms with Gasteiger partial charge in [-0.05, 0) is 158 Å². The third-order valence-electron chi connectivity index (χ3n) is 26.1. The zero-order chi connectivity index (χ0) is 106. The van der Waals surface area contributed by atoms with Crippen molar-refractivity contribution in [3.8, 4) is 5.75 Å². The average Bonchev–Trinajstić information content (AvgIpc) is 0.801. The Bertz CT molecular complexity index is 5060. The molecule has 3 aromatic carbocycles. The van der Waals surface area contributed by atoms with Crippen molar-refractivity contribution in [2.45, 2.75) is 295 Å². The molecule has 2 heterocycles. The first-order valence-electron chi connectivity index (χ1n) is 47.5. The minimum absolute atomic E-state index is 0.00984. The number of carbonyl (C=O) groups is 15. The number of nitrogens with one attached hydrogen (secondary N) is 11. The topological polar surface area (TPSA) is 614 Å². The summed E-state index contributed by atoms with van der Waals surface area (Å²) in [7, 11) is 4.87. The monoisotopic (exact) mass is 2030 g/mol. The number of benzene rings is 3. The Morgan fingerprint density at radius 1 is 0.732 bits per heavy atom. The van der Waals surface area contributed by atoms with Gasteiger partial charge in [-0.2, -0.15) is 0 Å². The number of phenolic OH excluding ortho intramolecular Hbond substituents is 1. The summed E-state index contributed by atoms with van der Waals surface area (Å²) in [5.74, 6) is -13.9. The molecule has 44 heteroatoms. The van der Waals surface area contributed by atoms with Crippen LogP contribution in [0.4, 0.5) is 9.59 Å². The highest BCUT2D eigenvalue weighted by atomic mass is 33.1. The lowest BCUT2D eigenvalue weighted by Gasteiger charge is -2.67. The summed E-state index contributed by atoms with van der Waals surface area (Å²) in [5.41, 5.74) is 2.10. The summed E-state index contributed by atoms with van der Waals surface area (Å²) in [6.45, 7) is 25.8. The summed E-state index contributed by atoms with van der Waals surface area (Å²) in [6.07, 6.45) is -11.8. The van der Waals surface area contributed by atoms with Crippen molar-refractivity contribution in [3.05, 3.63) is 113 Å². The molecule has 3 aromatic rings. The van der Waals surface area contributed by atoms with E-state index in [2.05, 4.69) is 47.9 Å². The van der Waals surface area contributed by atoms with Gasteiger partial charge in [-0.15, -0.1) is 0 Å². The fraction of sp³-hybridized carbons (Fsp3) is 0.622. The highest BCUT2D eigenvalue weighted by Crippen LogP contribution is 2.65. The molecular weight excluding hydrogens is 1880 g/mol. The van der Waals surface area contributed by atoms with Crippen molar-refractivity contribution in [1.29, 1.82) is 10.8 Å². The number of carboxylic acid groups (broad SMARTS) is 1. The number of hydrogen-bond acceptors (Lipinski definition) is 30. The van der Waals surface area contributed by atoms with Gasteiger partial charge < -0.3 is 127 Å². The molecule has 2 saturated heterocycles. The lowest BCUT2D eigenvalue weighted by atomic mass is 9.44. The smallest absolute Gasteiger partial charge is 0.508 e. The van der Waals surface area contributed by atoms with Crippen LogP contribution in [0.2, 0.25) is 0 Å². The van der Waals surface area contributed by atoms with Crippen molar-refractivity contribution in [1.82, 2.24) is 57.7 Å². The normalized spacial score (nSPS) is 23.0. The van der Waals surface area contributed by atoms with E-state index >= 15 is 19.2 Å². The number of ether oxygens (including phenoxy) is 9. The average molecular weight is 2030 g/mol. The number of hydrogen-bond donors (Lipinski definition) is 16. The van der Waals surface area contributed by atoms with Crippen molar-refractivity contribution < 1.29 is 130 Å². The van der Waals surface area contributed by atoms with E-state index in [0.717, 1.165) is 21.6 Å². The van der Waals surface area contributed by atoms with Crippen LogP contribution in [0.1, 0.15) is 209 Å². The molecular formula is C98H143N15O27S2. The molecule has 5 aliphatic rings. The molecule has 0 unspecified atom stereocenters. The first kappa shape index (κ1) is 115. The summed E-state index contributed by atoms with van der Waals surface area (Å²) in [4.78, 5) is 220. The largest absolute Gasteiger partial charge is 0.509 e. The molecule has 9 amide bonds. The van der Waals surface area contributed by atoms with Crippen LogP contribution in [0.25, 0.3) is 0 Å². The zero-order valence-electron chi connectivity index (χ0n) is 84.3. The van der Waals surface area contributed by atoms with E-state index in [1.54, 1.807) is 126 Å². The predicted octanol–water partition coefficient (Wildman–Crippen LogP) is 5.70. The van der Waals surface area contributed by atoms with Gasteiger partial charge in [-0.25, -0.2) is 24.0 Å². The van der Waals surface area contributed by atoms with Gasteiger partial charge in [0.15, 0.2) is 23.3 Å². The Morgan fingerprint density at radius 3 is 1.87 bits per heavy atom. The molecule has 142 heavy (non-hydrogen) atoms. The van der Waals surface area contributed by atoms with Gasteiger partial charge in [0.25, 0.3) is 0 Å². The second-order valence-corrected chi connectivity index (χ2v) is 43.3. The van der Waals surface area contributed by atoms with E-state index in [-0.39, 0.29) is 136 Å². The maximum absolute atomic E-state index is 16.2. The van der Waals surface area contributed by atoms with Crippen molar-refractivity contribution in [2.24, 2.45) is 39.5 Å². The third kappa shape index (κ3) is 29.2. The zero-order valence-corrected chi connectivity index (χ0v) is 85.9. The van der Waals surface area contributed by atoms with Gasteiger partial charge in [-0.1, -0.05) is 138 Å². The number of Topliss-reactive ketones (excluding diaryl/α,β-unsaturated/α-hetero) is 1. The summed E-state index contributed by atoms with van der Waals surface area (Å²) < 4.78 is 54.2. The molecule has 18 N–H and O–H groups in total. The number of fused-ring (bicyclic) bond motifs is 5. The van der Waals surface area contributed by atoms with Gasteiger partial charge in [0.2, 0.25) is 53.4 Å². The van der Waals surface area contributed by atoms with Crippen LogP contribution < -0.4 is 59.3 Å². The minimum atomic E-state index is -2.45. The number of rotatable bonds is 46. The number of esters is 3. The number of carboxylic acids is 1. The van der Waals surface area contributed by atoms with Crippen molar-refractivity contribution >= 4 is 123 Å². The standard InChI is InChI=1S/C98H143N15O27S2/c1-20-43-112(51-69(117)106-61(34-27-41-103-88(99)100)80(120)111-75(92(7,8)9)82(122)107-62(35-28-42-104-89(101)102)79(119)109-64(85(125)126)48-57-37-39-60(116)40-38-57)83(123)63(47-53(2)3)108-81(121)65-36-29-44-113(65)84(124)76(105-55(5)114)95(15,16)142-141-46-45-134-91(130)137-73(71(58-30-23-21-24-31-58)110-90(129)140-93(10,11)12)87(128)136-66-50-98(131)78(138-86(127)59-32-25-22-26-33-59)74-96(17,77(118)72(133-19)70(54(66)4)94(98,13)14)67(132-18)49-68-97(74,52-135-68)139-56(6)115/h21-26,30-33,37-40,53,61-68,71-76,78,116,131H,20,27-29,34-36,41-52H2,1-19H3,(H,105,114)(H,106,117)(H,107,122)(H,108,121)(H,109,119)(H,110,129)(H,111,120)(H,125,126)(H4,99,100,103)(H4,101,102,104)/t61-,62-,63-,64-,65-,66-,67-,68+,71-,72+,73+,74-,75+,76+,78-,96+,97-,98+/m0/s1. The Hall–Kier alpha value is -11.9. The highest BCUT2D eigenvalue weighted by Gasteiger charge is 2.79. The number of aliphatic carboxylic acids is 1. The number of aliphatic hydroxyl groups is 1. The number of aromatic hydroxyl groups is 1. The van der Waals surface area contributed by atoms with Crippen LogP contribution in [0.15, 0.2) is 96.1 Å². The summed E-state index contributed by atoms with van der Waals surface area (Å²) >= 11 is 0. The van der Waals surface area contributed by atoms with Gasteiger partial charge in [-0.3, -0.25) is 58.8 Å². The number of guanidine groups is 2. The Labute approximate surface area is 835 Å². The van der Waals surface area contributed by atoms with Gasteiger partial charge >= 0.3 is 36.1 Å². The number of carbonyl (C=O) groups excluding carboxylic acids is 14. The first-order chi connectivity index (χ1) is 66.5. The van der Waals surface area contributed by atoms with Crippen LogP contribution in [0.3, 0.4) is 0 Å². The lowest BCUT2D eigenvalue weighted by Crippen LogP contribution is -2.82. The predicted molar refractivity (Wildman–Crippen MR) is 523 cm³/mol. The Balaban J connectivity index is 0.988. The molecule has 2 aliphatic heterocycles. The third-order valence-corrected chi connectivity index (χ3v) is 29.4. The molecule has 18 atom stereocenters. The van der Waals surface area contributed by atoms with E-state index in [0.29, 0.717) is 18.4 Å². The van der Waals surface area contributed by atoms with Crippen LogP contribution in [0, 0.1) is 38.9 Å². The number of nitrogens with two attached hydrogens (primary N) is 2. The molecule has 4 fully saturated rings. The molecule has 0 aromatic heterocycles. The van der Waals surface area contributed by atoms with Gasteiger partial charge in [0.05, 0.1) is 36.2 Å². The number of methoxy groups -OCH3 is 2. The van der Waals surface area contributed by atoms with E-state index < -0.39 is 237 Å². The van der Waals surface area contributed by atoms with Crippen LogP contribution in [0.5, 0.6) is 5.75 Å². The van der Waals surface area contributed by atoms with E-state index in [4.69, 9.17) is 64.9 Å². The number of nitrogens with zero attached hydrogens (tertiary/aromatic N) is 2. The molecule has 3 aliphatic carbocycles. The first-order valence-corrected chi connectivity index (χ1v) is 49.9. The van der Waals surface area contributed by atoms with Gasteiger partial charge in [0, 0.05) is 89.4 Å². The van der Waals surface area contributed by atoms with Crippen molar-refractivity contribution in [3.63, 3.8) is 0 Å². The van der Waals surface area contributed by atoms with Crippen LogP contribution in [-0.2, 0) is 107 Å². The molecule has 2 saturated carbocycles. The fourth-order valence-corrected chi connectivity index (χ4v) is 21.6. The van der Waals surface area contributed by atoms with Crippen molar-refractivity contribution in [2.75, 3.05) is 65.9 Å². The van der Waals surface area contributed by atoms with E-state index in [1.165, 1.54) is 86.4 Å². The number of phenols is 1. The highest BCUT2D eigenvalue weighted by molar-refractivity contribution is 8.77. The second-order valence-electron chi connectivity index (χ2n) is 40.2. The summed E-state index contributed by atoms with van der Waals surface area (Å²) in [6, 6.07) is 10.1. The molecule has 0 spiro atoms. The van der Waals surface area contributed by atoms with Crippen LogP contribution >= 0.6 is 21.6 Å². The number of alkyl carbamates (subject to hydrolysis) is 1. The molecule has 42 nitrogen and oxygen atoms in total. The number of amides is 9. The number of likely N-dealkylation sites (tertiary alicyclic amines) is 1. The molecule has 2 bridgehead atoms. The maximum atomic E-state index is 16.2. The SMILES string of the molecule is CCCN(CC(=O)N[C@@H](CCCNC(=N)N)C(=O)N[C@H](C(=O)N[C@@H](CCCNC(=N)N)C(=O)N[C@@H](Cc1ccc(O)cc1)C(=O)O)C(C)(C)C)C(=O)[C@H](CC(C)C)NC(=O)[C@@H]1CCCN1C(=O)[C@@H](NC(C)=O)C(C)(C)SSCCOC(=O)O[C@@H](C(=O)O[C@H]1C[C@@]2(O)[C@@H](OC(=O)c3ccccc3)[C@@H]3[C@]4(OC(C)=O)CO[C@@H]4C[C@H](OC)[C@@]3(C)C(=O)[C@H](OC)C(=C1C)C2(C)C)[C@@H](NC(=O)OC(C)(C)C)c1ccccc1. The molecule has 784 valence electrons. The van der Waals surface area contributed by atoms with E-state index in [9.17, 15) is 68.1 Å². The second kappa shape index (κ2) is 49.9. The number of ketones is 1. The summed E-state index contributed by atoms with van der Waals surface area (Å²) in [5, 5.41) is 73.8. The Morgan fingerprint density at radius 2 is 1.33 bits per heavy atom. The molecule has 0 radical (unpaired) electrons. The molecule has 8 rings (SSSR count). The Kier molecular flexibility index (Phi) is 40.5. The van der Waals surface area contributed by atoms with Gasteiger partial charge in [0.1, 0.15) is 96.3 Å².